The first kappa shape index (κ1) is 12.4. The van der Waals surface area contributed by atoms with Crippen molar-refractivity contribution in [1.82, 2.24) is 0 Å². The first-order chi connectivity index (χ1) is 7.95. The maximum Gasteiger partial charge on any atom is 0.348 e. The van der Waals surface area contributed by atoms with Crippen LogP contribution in [0.4, 0.5) is 0 Å². The minimum absolute atomic E-state index is 0.0231. The van der Waals surface area contributed by atoms with E-state index in [2.05, 4.69) is 0 Å². The van der Waals surface area contributed by atoms with Gasteiger partial charge in [0.15, 0.2) is 0 Å². The van der Waals surface area contributed by atoms with Gasteiger partial charge in [0.25, 0.3) is 0 Å². The maximum atomic E-state index is 12.0. The molecule has 2 rings (SSSR count). The highest BCUT2D eigenvalue weighted by Gasteiger charge is 2.50. The maximum absolute atomic E-state index is 12.0. The monoisotopic (exact) mass is 240 g/mol. The predicted octanol–water partition coefficient (Wildman–Crippen LogP) is 2.06. The molecule has 3 unspecified atom stereocenters. The van der Waals surface area contributed by atoms with E-state index in [-0.39, 0.29) is 24.0 Å². The first-order valence-electron chi connectivity index (χ1n) is 6.37. The zero-order valence-corrected chi connectivity index (χ0v) is 10.7. The summed E-state index contributed by atoms with van der Waals surface area (Å²) in [5.41, 5.74) is -0.531. The van der Waals surface area contributed by atoms with E-state index in [1.165, 1.54) is 0 Å². The molecule has 4 heteroatoms. The molecule has 0 aromatic heterocycles. The highest BCUT2D eigenvalue weighted by atomic mass is 16.6. The van der Waals surface area contributed by atoms with Crippen molar-refractivity contribution in [3.63, 3.8) is 0 Å². The van der Waals surface area contributed by atoms with Crippen LogP contribution in [-0.2, 0) is 19.1 Å². The van der Waals surface area contributed by atoms with Crippen molar-refractivity contribution < 1.29 is 19.1 Å². The van der Waals surface area contributed by atoms with Gasteiger partial charge in [-0.1, -0.05) is 6.92 Å². The largest absolute Gasteiger partial charge is 0.459 e. The standard InChI is InChI=1S/C13H20O4/c1-4-13(2,3)12(15)17-10-8-6-5-7-9(8)16-11(10)14/h8-10H,4-7H2,1-3H3. The number of hydrogen-bond donors (Lipinski definition) is 0. The highest BCUT2D eigenvalue weighted by Crippen LogP contribution is 2.39. The third kappa shape index (κ3) is 2.17. The molecule has 0 bridgehead atoms. The molecular weight excluding hydrogens is 220 g/mol. The number of ether oxygens (including phenoxy) is 2. The van der Waals surface area contributed by atoms with Crippen LogP contribution in [0.25, 0.3) is 0 Å². The molecule has 0 aromatic rings. The van der Waals surface area contributed by atoms with Gasteiger partial charge in [-0.2, -0.15) is 0 Å². The van der Waals surface area contributed by atoms with Crippen molar-refractivity contribution in [2.75, 3.05) is 0 Å². The van der Waals surface area contributed by atoms with Crippen LogP contribution in [0.5, 0.6) is 0 Å². The van der Waals surface area contributed by atoms with Crippen LogP contribution in [0.2, 0.25) is 0 Å². The second-order valence-electron chi connectivity index (χ2n) is 5.63. The lowest BCUT2D eigenvalue weighted by molar-refractivity contribution is -0.169. The Morgan fingerprint density at radius 3 is 2.82 bits per heavy atom. The summed E-state index contributed by atoms with van der Waals surface area (Å²) in [6.07, 6.45) is 2.88. The Kier molecular flexibility index (Phi) is 3.15. The zero-order valence-electron chi connectivity index (χ0n) is 10.7. The van der Waals surface area contributed by atoms with Crippen molar-refractivity contribution in [3.05, 3.63) is 0 Å². The van der Waals surface area contributed by atoms with Crippen LogP contribution in [0.3, 0.4) is 0 Å². The second kappa shape index (κ2) is 4.31. The van der Waals surface area contributed by atoms with Gasteiger partial charge in [0, 0.05) is 5.92 Å². The third-order valence-electron chi connectivity index (χ3n) is 4.06. The van der Waals surface area contributed by atoms with Crippen LogP contribution in [0.1, 0.15) is 46.5 Å². The Hall–Kier alpha value is -1.06. The van der Waals surface area contributed by atoms with E-state index in [9.17, 15) is 9.59 Å². The molecule has 0 amide bonds. The van der Waals surface area contributed by atoms with Crippen LogP contribution < -0.4 is 0 Å². The molecule has 1 aliphatic heterocycles. The first-order valence-corrected chi connectivity index (χ1v) is 6.37. The smallest absolute Gasteiger partial charge is 0.348 e. The van der Waals surface area contributed by atoms with E-state index in [4.69, 9.17) is 9.47 Å². The summed E-state index contributed by atoms with van der Waals surface area (Å²) in [7, 11) is 0. The summed E-state index contributed by atoms with van der Waals surface area (Å²) in [5, 5.41) is 0. The van der Waals surface area contributed by atoms with Crippen molar-refractivity contribution in [1.29, 1.82) is 0 Å². The minimum Gasteiger partial charge on any atom is -0.459 e. The van der Waals surface area contributed by atoms with Crippen molar-refractivity contribution in [2.45, 2.75) is 58.7 Å². The summed E-state index contributed by atoms with van der Waals surface area (Å²) in [6, 6.07) is 0. The molecule has 1 saturated heterocycles. The number of esters is 2. The van der Waals surface area contributed by atoms with Crippen molar-refractivity contribution >= 4 is 11.9 Å². The normalized spacial score (nSPS) is 32.2. The molecule has 1 aliphatic carbocycles. The molecule has 17 heavy (non-hydrogen) atoms. The molecule has 4 nitrogen and oxygen atoms in total. The van der Waals surface area contributed by atoms with Gasteiger partial charge in [0.2, 0.25) is 6.10 Å². The Bertz CT molecular complexity index is 334. The molecule has 1 saturated carbocycles. The molecular formula is C13H20O4. The molecule has 2 aliphatic rings. The number of carbonyl (C=O) groups is 2. The van der Waals surface area contributed by atoms with Gasteiger partial charge in [-0.05, 0) is 39.5 Å². The quantitative estimate of drug-likeness (QED) is 0.708. The number of fused-ring (bicyclic) bond motifs is 1. The van der Waals surface area contributed by atoms with Crippen LogP contribution in [-0.4, -0.2) is 24.1 Å². The molecule has 2 fully saturated rings. The highest BCUT2D eigenvalue weighted by molar-refractivity contribution is 5.83. The number of rotatable bonds is 3. The summed E-state index contributed by atoms with van der Waals surface area (Å²) in [6.45, 7) is 5.61. The molecule has 0 radical (unpaired) electrons. The van der Waals surface area contributed by atoms with Crippen LogP contribution in [0, 0.1) is 11.3 Å². The summed E-state index contributed by atoms with van der Waals surface area (Å²) in [5.74, 6) is -0.575. The van der Waals surface area contributed by atoms with Gasteiger partial charge in [0.05, 0.1) is 5.41 Å². The van der Waals surface area contributed by atoms with Crippen LogP contribution >= 0.6 is 0 Å². The van der Waals surface area contributed by atoms with Crippen LogP contribution in [0.15, 0.2) is 0 Å². The Balaban J connectivity index is 2.03. The fraction of sp³-hybridized carbons (Fsp3) is 0.846. The Morgan fingerprint density at radius 2 is 2.18 bits per heavy atom. The van der Waals surface area contributed by atoms with E-state index in [1.807, 2.05) is 20.8 Å². The average molecular weight is 240 g/mol. The van der Waals surface area contributed by atoms with E-state index >= 15 is 0 Å². The molecule has 0 N–H and O–H groups in total. The molecule has 3 atom stereocenters. The van der Waals surface area contributed by atoms with E-state index in [0.717, 1.165) is 19.3 Å². The van der Waals surface area contributed by atoms with Gasteiger partial charge in [-0.15, -0.1) is 0 Å². The molecule has 1 heterocycles. The predicted molar refractivity (Wildman–Crippen MR) is 61.2 cm³/mol. The third-order valence-corrected chi connectivity index (χ3v) is 4.06. The summed E-state index contributed by atoms with van der Waals surface area (Å²) >= 11 is 0. The van der Waals surface area contributed by atoms with E-state index in [0.29, 0.717) is 6.42 Å². The fourth-order valence-electron chi connectivity index (χ4n) is 2.39. The van der Waals surface area contributed by atoms with Gasteiger partial charge >= 0.3 is 11.9 Å². The average Bonchev–Trinajstić information content (AvgIpc) is 2.82. The lowest BCUT2D eigenvalue weighted by Gasteiger charge is -2.23. The number of carbonyl (C=O) groups excluding carboxylic acids is 2. The second-order valence-corrected chi connectivity index (χ2v) is 5.63. The van der Waals surface area contributed by atoms with E-state index in [1.54, 1.807) is 0 Å². The molecule has 96 valence electrons. The van der Waals surface area contributed by atoms with Gasteiger partial charge in [-0.25, -0.2) is 4.79 Å². The van der Waals surface area contributed by atoms with E-state index < -0.39 is 11.5 Å². The van der Waals surface area contributed by atoms with Gasteiger partial charge in [0.1, 0.15) is 6.10 Å². The molecule has 0 spiro atoms. The fourth-order valence-corrected chi connectivity index (χ4v) is 2.39. The summed E-state index contributed by atoms with van der Waals surface area (Å²) in [4.78, 5) is 23.6. The summed E-state index contributed by atoms with van der Waals surface area (Å²) < 4.78 is 10.6. The minimum atomic E-state index is -0.666. The molecule has 0 aromatic carbocycles. The Morgan fingerprint density at radius 1 is 1.47 bits per heavy atom. The van der Waals surface area contributed by atoms with Crippen molar-refractivity contribution in [2.24, 2.45) is 11.3 Å². The zero-order chi connectivity index (χ0) is 12.6. The Labute approximate surface area is 102 Å². The number of hydrogen-bond acceptors (Lipinski definition) is 4. The lowest BCUT2D eigenvalue weighted by Crippen LogP contribution is -2.35. The van der Waals surface area contributed by atoms with Gasteiger partial charge in [-0.3, -0.25) is 4.79 Å². The SMILES string of the molecule is CCC(C)(C)C(=O)OC1C(=O)OC2CCCC21. The lowest BCUT2D eigenvalue weighted by atomic mass is 9.90. The topological polar surface area (TPSA) is 52.6 Å². The van der Waals surface area contributed by atoms with Gasteiger partial charge < -0.3 is 9.47 Å². The van der Waals surface area contributed by atoms with Crippen molar-refractivity contribution in [3.8, 4) is 0 Å².